The van der Waals surface area contributed by atoms with Crippen LogP contribution in [0.1, 0.15) is 35.8 Å². The Labute approximate surface area is 165 Å². The second-order valence-electron chi connectivity index (χ2n) is 7.77. The molecule has 0 bridgehead atoms. The molecule has 1 atom stereocenters. The number of likely N-dealkylation sites (tertiary alicyclic amines) is 1. The van der Waals surface area contributed by atoms with Crippen molar-refractivity contribution in [2.75, 3.05) is 25.5 Å². The fourth-order valence-electron chi connectivity index (χ4n) is 3.94. The Balaban J connectivity index is 1.40. The number of carbonyl (C=O) groups is 1. The number of benzene rings is 2. The van der Waals surface area contributed by atoms with Gasteiger partial charge < -0.3 is 15.0 Å². The summed E-state index contributed by atoms with van der Waals surface area (Å²) in [4.78, 5) is 18.3. The lowest BCUT2D eigenvalue weighted by molar-refractivity contribution is 0.102. The van der Waals surface area contributed by atoms with Crippen molar-refractivity contribution >= 4 is 22.5 Å². The number of fused-ring (bicyclic) bond motifs is 1. The number of H-pyrrole nitrogens is 1. The average Bonchev–Trinajstić information content (AvgIpc) is 3.13. The number of hydrogen-bond acceptors (Lipinski definition) is 3. The topological polar surface area (TPSA) is 57.4 Å². The minimum atomic E-state index is -0.146. The predicted octanol–water partition coefficient (Wildman–Crippen LogP) is 4.66. The highest BCUT2D eigenvalue weighted by Gasteiger charge is 2.16. The van der Waals surface area contributed by atoms with Crippen LogP contribution < -0.4 is 10.1 Å². The van der Waals surface area contributed by atoms with E-state index in [-0.39, 0.29) is 5.91 Å². The molecule has 2 heterocycles. The molecule has 1 aromatic heterocycles. The van der Waals surface area contributed by atoms with E-state index < -0.39 is 0 Å². The number of aromatic nitrogens is 1. The molecule has 0 saturated carbocycles. The van der Waals surface area contributed by atoms with Crippen LogP contribution in [0.3, 0.4) is 0 Å². The van der Waals surface area contributed by atoms with E-state index in [0.717, 1.165) is 34.8 Å². The third kappa shape index (κ3) is 4.20. The minimum Gasteiger partial charge on any atom is -0.497 e. The number of hydrogen-bond donors (Lipinski definition) is 2. The molecule has 1 fully saturated rings. The Morgan fingerprint density at radius 3 is 2.79 bits per heavy atom. The van der Waals surface area contributed by atoms with Crippen LogP contribution in [0, 0.1) is 5.92 Å². The summed E-state index contributed by atoms with van der Waals surface area (Å²) in [5.74, 6) is 1.40. The van der Waals surface area contributed by atoms with E-state index in [1.54, 1.807) is 7.11 Å². The van der Waals surface area contributed by atoms with Crippen molar-refractivity contribution in [1.29, 1.82) is 0 Å². The second-order valence-corrected chi connectivity index (χ2v) is 7.77. The van der Waals surface area contributed by atoms with Gasteiger partial charge in [0.05, 0.1) is 7.11 Å². The van der Waals surface area contributed by atoms with Crippen LogP contribution in [0.15, 0.2) is 48.5 Å². The third-order valence-corrected chi connectivity index (χ3v) is 5.43. The van der Waals surface area contributed by atoms with Crippen LogP contribution in [0.2, 0.25) is 0 Å². The van der Waals surface area contributed by atoms with Gasteiger partial charge in [-0.25, -0.2) is 0 Å². The van der Waals surface area contributed by atoms with Gasteiger partial charge in [-0.1, -0.05) is 19.1 Å². The highest BCUT2D eigenvalue weighted by molar-refractivity contribution is 6.06. The van der Waals surface area contributed by atoms with Crippen molar-refractivity contribution < 1.29 is 9.53 Å². The average molecular weight is 377 g/mol. The molecule has 1 unspecified atom stereocenters. The smallest absolute Gasteiger partial charge is 0.272 e. The first-order chi connectivity index (χ1) is 13.6. The highest BCUT2D eigenvalue weighted by Crippen LogP contribution is 2.22. The molecule has 1 amide bonds. The maximum atomic E-state index is 12.6. The van der Waals surface area contributed by atoms with Gasteiger partial charge in [-0.05, 0) is 61.2 Å². The third-order valence-electron chi connectivity index (χ3n) is 5.43. The molecule has 5 nitrogen and oxygen atoms in total. The van der Waals surface area contributed by atoms with Crippen LogP contribution in [-0.4, -0.2) is 36.0 Å². The highest BCUT2D eigenvalue weighted by atomic mass is 16.5. The van der Waals surface area contributed by atoms with Crippen molar-refractivity contribution in [2.45, 2.75) is 26.3 Å². The van der Waals surface area contributed by atoms with Gasteiger partial charge in [0.25, 0.3) is 5.91 Å². The molecule has 1 saturated heterocycles. The van der Waals surface area contributed by atoms with E-state index in [1.165, 1.54) is 31.5 Å². The van der Waals surface area contributed by atoms with Crippen molar-refractivity contribution in [1.82, 2.24) is 9.88 Å². The number of ether oxygens (including phenoxy) is 1. The number of piperidine rings is 1. The quantitative estimate of drug-likeness (QED) is 0.680. The summed E-state index contributed by atoms with van der Waals surface area (Å²) in [6.07, 6.45) is 2.62. The fourth-order valence-corrected chi connectivity index (χ4v) is 3.94. The lowest BCUT2D eigenvalue weighted by atomic mass is 10.00. The van der Waals surface area contributed by atoms with Gasteiger partial charge in [0.2, 0.25) is 0 Å². The lowest BCUT2D eigenvalue weighted by Crippen LogP contribution is -2.33. The van der Waals surface area contributed by atoms with Crippen LogP contribution in [-0.2, 0) is 6.54 Å². The monoisotopic (exact) mass is 377 g/mol. The van der Waals surface area contributed by atoms with E-state index in [4.69, 9.17) is 4.74 Å². The number of carbonyl (C=O) groups excluding carboxylic acids is 1. The summed E-state index contributed by atoms with van der Waals surface area (Å²) >= 11 is 0. The normalized spacial score (nSPS) is 17.6. The number of nitrogens with one attached hydrogen (secondary N) is 2. The SMILES string of the molecule is COc1ccc2cc(C(=O)Nc3ccc(CN4CCCC(C)C4)cc3)[nH]c2c1. The van der Waals surface area contributed by atoms with Crippen LogP contribution in [0.4, 0.5) is 5.69 Å². The number of anilines is 1. The molecule has 2 N–H and O–H groups in total. The summed E-state index contributed by atoms with van der Waals surface area (Å²) in [5, 5.41) is 3.95. The summed E-state index contributed by atoms with van der Waals surface area (Å²) in [6.45, 7) is 5.64. The summed E-state index contributed by atoms with van der Waals surface area (Å²) in [6, 6.07) is 15.7. The van der Waals surface area contributed by atoms with Crippen molar-refractivity contribution in [3.05, 3.63) is 59.8 Å². The molecule has 3 aromatic rings. The predicted molar refractivity (Wildman–Crippen MR) is 113 cm³/mol. The van der Waals surface area contributed by atoms with Gasteiger partial charge in [-0.2, -0.15) is 0 Å². The molecule has 0 radical (unpaired) electrons. The van der Waals surface area contributed by atoms with Crippen LogP contribution in [0.25, 0.3) is 10.9 Å². The molecule has 28 heavy (non-hydrogen) atoms. The van der Waals surface area contributed by atoms with Gasteiger partial charge in [0.15, 0.2) is 0 Å². The molecule has 4 rings (SSSR count). The molecule has 146 valence electrons. The van der Waals surface area contributed by atoms with Gasteiger partial charge in [-0.3, -0.25) is 9.69 Å². The zero-order chi connectivity index (χ0) is 19.5. The van der Waals surface area contributed by atoms with E-state index >= 15 is 0 Å². The summed E-state index contributed by atoms with van der Waals surface area (Å²) in [7, 11) is 1.63. The number of amides is 1. The van der Waals surface area contributed by atoms with Crippen LogP contribution in [0.5, 0.6) is 5.75 Å². The van der Waals surface area contributed by atoms with E-state index in [1.807, 2.05) is 36.4 Å². The molecule has 2 aromatic carbocycles. The largest absolute Gasteiger partial charge is 0.497 e. The van der Waals surface area contributed by atoms with Crippen LogP contribution >= 0.6 is 0 Å². The van der Waals surface area contributed by atoms with Crippen molar-refractivity contribution in [3.8, 4) is 5.75 Å². The summed E-state index contributed by atoms with van der Waals surface area (Å²) in [5.41, 5.74) is 3.51. The first-order valence-corrected chi connectivity index (χ1v) is 9.90. The first-order valence-electron chi connectivity index (χ1n) is 9.90. The van der Waals surface area contributed by atoms with Gasteiger partial charge in [0.1, 0.15) is 11.4 Å². The molecule has 1 aliphatic rings. The van der Waals surface area contributed by atoms with E-state index in [2.05, 4.69) is 34.3 Å². The fraction of sp³-hybridized carbons (Fsp3) is 0.348. The van der Waals surface area contributed by atoms with Crippen molar-refractivity contribution in [2.24, 2.45) is 5.92 Å². The maximum Gasteiger partial charge on any atom is 0.272 e. The Kier molecular flexibility index (Phi) is 5.35. The lowest BCUT2D eigenvalue weighted by Gasteiger charge is -2.30. The molecule has 0 aliphatic carbocycles. The standard InChI is InChI=1S/C23H27N3O2/c1-16-4-3-11-26(14-16)15-17-5-8-19(9-6-17)24-23(27)22-12-18-7-10-20(28-2)13-21(18)25-22/h5-10,12-13,16,25H,3-4,11,14-15H2,1-2H3,(H,24,27). The Hall–Kier alpha value is -2.79. The minimum absolute atomic E-state index is 0.146. The number of rotatable bonds is 5. The Morgan fingerprint density at radius 2 is 2.04 bits per heavy atom. The van der Waals surface area contributed by atoms with Crippen molar-refractivity contribution in [3.63, 3.8) is 0 Å². The maximum absolute atomic E-state index is 12.6. The van der Waals surface area contributed by atoms with Gasteiger partial charge in [-0.15, -0.1) is 0 Å². The molecular weight excluding hydrogens is 350 g/mol. The number of methoxy groups -OCH3 is 1. The van der Waals surface area contributed by atoms with E-state index in [9.17, 15) is 4.79 Å². The number of nitrogens with zero attached hydrogens (tertiary/aromatic N) is 1. The zero-order valence-electron chi connectivity index (χ0n) is 16.5. The molecule has 5 heteroatoms. The zero-order valence-corrected chi connectivity index (χ0v) is 16.5. The van der Waals surface area contributed by atoms with Gasteiger partial charge in [0, 0.05) is 35.7 Å². The number of aromatic amines is 1. The van der Waals surface area contributed by atoms with Gasteiger partial charge >= 0.3 is 0 Å². The second kappa shape index (κ2) is 8.07. The van der Waals surface area contributed by atoms with E-state index in [0.29, 0.717) is 5.69 Å². The Bertz CT molecular complexity index is 962. The summed E-state index contributed by atoms with van der Waals surface area (Å²) < 4.78 is 5.24. The molecule has 0 spiro atoms. The first kappa shape index (κ1) is 18.6. The molecular formula is C23H27N3O2. The molecule has 1 aliphatic heterocycles. The Morgan fingerprint density at radius 1 is 1.21 bits per heavy atom.